The van der Waals surface area contributed by atoms with Crippen LogP contribution in [-0.2, 0) is 9.59 Å². The lowest BCUT2D eigenvalue weighted by Gasteiger charge is -2.28. The maximum atomic E-state index is 12.5. The van der Waals surface area contributed by atoms with Gasteiger partial charge in [-0.3, -0.25) is 4.79 Å². The number of hydrogen-bond acceptors (Lipinski definition) is 5. The van der Waals surface area contributed by atoms with Gasteiger partial charge in [-0.2, -0.15) is 5.26 Å². The highest BCUT2D eigenvalue weighted by Gasteiger charge is 2.17. The highest BCUT2D eigenvalue weighted by molar-refractivity contribution is 5.89. The second-order valence-corrected chi connectivity index (χ2v) is 7.22. The van der Waals surface area contributed by atoms with Crippen LogP contribution in [0.3, 0.4) is 0 Å². The molecule has 174 valence electrons. The van der Waals surface area contributed by atoms with Crippen LogP contribution in [0.25, 0.3) is 16.8 Å². The zero-order valence-corrected chi connectivity index (χ0v) is 18.5. The van der Waals surface area contributed by atoms with E-state index in [-0.39, 0.29) is 5.56 Å². The maximum Gasteiger partial charge on any atom is 0.328 e. The molecule has 0 unspecified atom stereocenters. The number of H-pyrrole nitrogens is 1. The SMILES string of the molecule is N#Cc1ccccc1-c1cc(C2=CC=CCN2c2ccccc2)c[nH]c1=O.O=C(O)/C=C/C(=O)O. The van der Waals surface area contributed by atoms with Crippen molar-refractivity contribution in [3.63, 3.8) is 0 Å². The Morgan fingerprint density at radius 2 is 1.63 bits per heavy atom. The van der Waals surface area contributed by atoms with Crippen molar-refractivity contribution in [2.75, 3.05) is 11.4 Å². The van der Waals surface area contributed by atoms with E-state index in [1.54, 1.807) is 24.4 Å². The fourth-order valence-electron chi connectivity index (χ4n) is 3.41. The first-order valence-electron chi connectivity index (χ1n) is 10.5. The monoisotopic (exact) mass is 467 g/mol. The molecule has 0 saturated carbocycles. The van der Waals surface area contributed by atoms with Gasteiger partial charge in [0, 0.05) is 47.3 Å². The molecule has 8 nitrogen and oxygen atoms in total. The van der Waals surface area contributed by atoms with Gasteiger partial charge in [-0.05, 0) is 30.3 Å². The molecule has 2 heterocycles. The molecule has 0 bridgehead atoms. The van der Waals surface area contributed by atoms with Crippen LogP contribution >= 0.6 is 0 Å². The number of nitrogens with zero attached hydrogens (tertiary/aromatic N) is 2. The van der Waals surface area contributed by atoms with E-state index in [9.17, 15) is 19.6 Å². The van der Waals surface area contributed by atoms with Crippen LogP contribution in [0.15, 0.2) is 102 Å². The van der Waals surface area contributed by atoms with Crippen molar-refractivity contribution in [2.24, 2.45) is 0 Å². The lowest BCUT2D eigenvalue weighted by atomic mass is 9.99. The molecule has 0 atom stereocenters. The molecular weight excluding hydrogens is 446 g/mol. The molecule has 1 aliphatic rings. The molecular formula is C27H21N3O5. The molecule has 0 radical (unpaired) electrons. The molecule has 0 spiro atoms. The van der Waals surface area contributed by atoms with Crippen molar-refractivity contribution in [2.45, 2.75) is 0 Å². The molecule has 3 N–H and O–H groups in total. The average Bonchev–Trinajstić information content (AvgIpc) is 2.89. The third-order valence-electron chi connectivity index (χ3n) is 4.94. The number of anilines is 1. The molecule has 8 heteroatoms. The van der Waals surface area contributed by atoms with Crippen LogP contribution < -0.4 is 10.5 Å². The Morgan fingerprint density at radius 3 is 2.29 bits per heavy atom. The van der Waals surface area contributed by atoms with E-state index in [2.05, 4.69) is 34.2 Å². The van der Waals surface area contributed by atoms with E-state index in [0.29, 0.717) is 28.8 Å². The number of aromatic nitrogens is 1. The Labute approximate surface area is 201 Å². The number of allylic oxidation sites excluding steroid dienone is 2. The number of para-hydroxylation sites is 1. The van der Waals surface area contributed by atoms with Crippen molar-refractivity contribution < 1.29 is 19.8 Å². The Bertz CT molecular complexity index is 1400. The largest absolute Gasteiger partial charge is 0.478 e. The summed E-state index contributed by atoms with van der Waals surface area (Å²) in [6.45, 7) is 0.749. The first-order chi connectivity index (χ1) is 16.9. The Balaban J connectivity index is 0.000000371. The van der Waals surface area contributed by atoms with Gasteiger partial charge in [-0.25, -0.2) is 9.59 Å². The Morgan fingerprint density at radius 1 is 0.971 bits per heavy atom. The number of nitrogens with one attached hydrogen (secondary N) is 1. The number of carbonyl (C=O) groups is 2. The van der Waals surface area contributed by atoms with Gasteiger partial charge in [0.2, 0.25) is 0 Å². The highest BCUT2D eigenvalue weighted by Crippen LogP contribution is 2.30. The van der Waals surface area contributed by atoms with E-state index >= 15 is 0 Å². The van der Waals surface area contributed by atoms with Gasteiger partial charge in [0.15, 0.2) is 0 Å². The van der Waals surface area contributed by atoms with Crippen LogP contribution in [0.1, 0.15) is 11.1 Å². The maximum absolute atomic E-state index is 12.5. The van der Waals surface area contributed by atoms with Gasteiger partial charge < -0.3 is 20.1 Å². The molecule has 0 saturated heterocycles. The summed E-state index contributed by atoms with van der Waals surface area (Å²) in [6.07, 6.45) is 8.98. The highest BCUT2D eigenvalue weighted by atomic mass is 16.4. The fourth-order valence-corrected chi connectivity index (χ4v) is 3.41. The van der Waals surface area contributed by atoms with Gasteiger partial charge in [-0.15, -0.1) is 0 Å². The summed E-state index contributed by atoms with van der Waals surface area (Å²) >= 11 is 0. The van der Waals surface area contributed by atoms with Crippen molar-refractivity contribution >= 4 is 23.3 Å². The van der Waals surface area contributed by atoms with E-state index in [1.807, 2.05) is 42.5 Å². The van der Waals surface area contributed by atoms with Gasteiger partial charge in [0.1, 0.15) is 0 Å². The fraction of sp³-hybridized carbons (Fsp3) is 0.0370. The predicted octanol–water partition coefficient (Wildman–Crippen LogP) is 4.04. The number of pyridine rings is 1. The molecule has 0 aliphatic carbocycles. The van der Waals surface area contributed by atoms with Crippen LogP contribution in [0.4, 0.5) is 5.69 Å². The Hall–Kier alpha value is -5.16. The number of carboxylic acids is 2. The second-order valence-electron chi connectivity index (χ2n) is 7.22. The smallest absolute Gasteiger partial charge is 0.328 e. The number of benzene rings is 2. The van der Waals surface area contributed by atoms with Crippen molar-refractivity contribution in [1.82, 2.24) is 4.98 Å². The lowest BCUT2D eigenvalue weighted by molar-refractivity contribution is -0.134. The molecule has 0 fully saturated rings. The molecule has 35 heavy (non-hydrogen) atoms. The number of hydrogen-bond donors (Lipinski definition) is 3. The number of aliphatic carboxylic acids is 2. The van der Waals surface area contributed by atoms with E-state index in [4.69, 9.17) is 10.2 Å². The number of nitriles is 1. The molecule has 2 aromatic carbocycles. The summed E-state index contributed by atoms with van der Waals surface area (Å²) in [4.78, 5) is 36.6. The summed E-state index contributed by atoms with van der Waals surface area (Å²) in [5.74, 6) is -2.51. The van der Waals surface area contributed by atoms with Crippen molar-refractivity contribution in [1.29, 1.82) is 5.26 Å². The molecule has 0 amide bonds. The predicted molar refractivity (Wildman–Crippen MR) is 133 cm³/mol. The second kappa shape index (κ2) is 11.6. The zero-order chi connectivity index (χ0) is 25.2. The quantitative estimate of drug-likeness (QED) is 0.482. The summed E-state index contributed by atoms with van der Waals surface area (Å²) < 4.78 is 0. The van der Waals surface area contributed by atoms with E-state index in [0.717, 1.165) is 23.5 Å². The topological polar surface area (TPSA) is 134 Å². The van der Waals surface area contributed by atoms with Crippen LogP contribution in [0, 0.1) is 11.3 Å². The van der Waals surface area contributed by atoms with Gasteiger partial charge in [0.05, 0.1) is 17.3 Å². The first-order valence-corrected chi connectivity index (χ1v) is 10.5. The first kappa shape index (κ1) is 24.5. The van der Waals surface area contributed by atoms with Crippen LogP contribution in [0.2, 0.25) is 0 Å². The average molecular weight is 467 g/mol. The minimum absolute atomic E-state index is 0.209. The van der Waals surface area contributed by atoms with E-state index < -0.39 is 11.9 Å². The number of carboxylic acid groups (broad SMARTS) is 2. The number of rotatable bonds is 5. The van der Waals surface area contributed by atoms with Gasteiger partial charge in [-0.1, -0.05) is 48.6 Å². The molecule has 4 rings (SSSR count). The van der Waals surface area contributed by atoms with E-state index in [1.165, 1.54) is 0 Å². The lowest BCUT2D eigenvalue weighted by Crippen LogP contribution is -2.24. The van der Waals surface area contributed by atoms with Crippen molar-refractivity contribution in [3.05, 3.63) is 119 Å². The molecule has 3 aromatic rings. The number of aromatic amines is 1. The minimum Gasteiger partial charge on any atom is -0.478 e. The Kier molecular flexibility index (Phi) is 8.14. The van der Waals surface area contributed by atoms with Crippen molar-refractivity contribution in [3.8, 4) is 17.2 Å². The summed E-state index contributed by atoms with van der Waals surface area (Å²) in [7, 11) is 0. The summed E-state index contributed by atoms with van der Waals surface area (Å²) in [5.41, 5.74) is 4.38. The zero-order valence-electron chi connectivity index (χ0n) is 18.5. The third kappa shape index (κ3) is 6.43. The molecule has 1 aromatic heterocycles. The molecule has 1 aliphatic heterocycles. The van der Waals surface area contributed by atoms with Crippen LogP contribution in [0.5, 0.6) is 0 Å². The normalized spacial score (nSPS) is 12.3. The summed E-state index contributed by atoms with van der Waals surface area (Å²) in [6, 6.07) is 21.3. The van der Waals surface area contributed by atoms with Gasteiger partial charge in [0.25, 0.3) is 5.56 Å². The standard InChI is InChI=1S/C23H17N3O.C4H4O4/c24-15-17-8-4-5-11-20(17)21-14-18(16-25-23(21)27)22-12-6-7-13-26(22)19-9-2-1-3-10-19;5-3(6)1-2-4(7)8/h1-12,14,16H,13H2,(H,25,27);1-2H,(H,5,6)(H,7,8)/b;2-1+. The minimum atomic E-state index is -1.26. The van der Waals surface area contributed by atoms with Crippen LogP contribution in [-0.4, -0.2) is 33.7 Å². The summed E-state index contributed by atoms with van der Waals surface area (Å²) in [5, 5.41) is 25.0. The third-order valence-corrected chi connectivity index (χ3v) is 4.94. The van der Waals surface area contributed by atoms with Gasteiger partial charge >= 0.3 is 11.9 Å².